The number of nitrogens with zero attached hydrogens (tertiary/aromatic N) is 1. The summed E-state index contributed by atoms with van der Waals surface area (Å²) in [5, 5.41) is 2.76. The van der Waals surface area contributed by atoms with Gasteiger partial charge in [0, 0.05) is 24.7 Å². The highest BCUT2D eigenvalue weighted by Crippen LogP contribution is 2.21. The van der Waals surface area contributed by atoms with Gasteiger partial charge in [0.05, 0.1) is 11.9 Å². The number of carbonyl (C=O) groups excluding carboxylic acids is 1. The lowest BCUT2D eigenvalue weighted by atomic mass is 10.1. The van der Waals surface area contributed by atoms with Gasteiger partial charge in [0.2, 0.25) is 15.9 Å². The van der Waals surface area contributed by atoms with Gasteiger partial charge in [0.1, 0.15) is 0 Å². The van der Waals surface area contributed by atoms with Crippen molar-refractivity contribution in [3.63, 3.8) is 0 Å². The summed E-state index contributed by atoms with van der Waals surface area (Å²) in [5.41, 5.74) is 2.85. The largest absolute Gasteiger partial charge is 0.326 e. The Bertz CT molecular complexity index is 946. The third kappa shape index (κ3) is 5.75. The van der Waals surface area contributed by atoms with Gasteiger partial charge in [-0.3, -0.25) is 9.10 Å². The number of aryl methyl sites for hydroxylation is 2. The van der Waals surface area contributed by atoms with E-state index in [4.69, 9.17) is 0 Å². The van der Waals surface area contributed by atoms with Crippen LogP contribution in [0.5, 0.6) is 0 Å². The van der Waals surface area contributed by atoms with Gasteiger partial charge in [-0.2, -0.15) is 0 Å². The summed E-state index contributed by atoms with van der Waals surface area (Å²) in [4.78, 5) is 12.1. The van der Waals surface area contributed by atoms with Crippen LogP contribution in [0.1, 0.15) is 24.0 Å². The highest BCUT2D eigenvalue weighted by molar-refractivity contribution is 7.92. The molecule has 2 rings (SSSR count). The number of benzene rings is 2. The third-order valence-electron chi connectivity index (χ3n) is 4.15. The average Bonchev–Trinajstić information content (AvgIpc) is 2.57. The lowest BCUT2D eigenvalue weighted by molar-refractivity contribution is -0.116. The number of nitrogens with one attached hydrogen (secondary N) is 1. The maximum atomic E-state index is 13.4. The predicted octanol–water partition coefficient (Wildman–Crippen LogP) is 3.77. The van der Waals surface area contributed by atoms with Crippen LogP contribution in [0.3, 0.4) is 0 Å². The Morgan fingerprint density at radius 2 is 1.74 bits per heavy atom. The zero-order valence-electron chi connectivity index (χ0n) is 15.4. The zero-order valence-corrected chi connectivity index (χ0v) is 16.2. The van der Waals surface area contributed by atoms with Gasteiger partial charge < -0.3 is 5.32 Å². The molecule has 0 bridgehead atoms. The smallest absolute Gasteiger partial charge is 0.232 e. The molecule has 0 aliphatic rings. The van der Waals surface area contributed by atoms with E-state index in [2.05, 4.69) is 5.32 Å². The summed E-state index contributed by atoms with van der Waals surface area (Å²) in [6.07, 6.45) is 1.29. The van der Waals surface area contributed by atoms with Crippen molar-refractivity contribution >= 4 is 27.3 Å². The van der Waals surface area contributed by atoms with Crippen LogP contribution in [0.2, 0.25) is 0 Å². The topological polar surface area (TPSA) is 66.5 Å². The molecule has 2 aromatic carbocycles. The van der Waals surface area contributed by atoms with Gasteiger partial charge in [-0.05, 0) is 55.7 Å². The minimum atomic E-state index is -3.70. The summed E-state index contributed by atoms with van der Waals surface area (Å²) in [6.45, 7) is 3.89. The SMILES string of the molecule is Cc1ccc(NC(=O)CCCN(c2ccc(F)c(F)c2)S(C)(=O)=O)cc1C. The van der Waals surface area contributed by atoms with E-state index in [0.29, 0.717) is 5.69 Å². The van der Waals surface area contributed by atoms with Crippen molar-refractivity contribution in [2.24, 2.45) is 0 Å². The number of hydrogen-bond donors (Lipinski definition) is 1. The molecule has 27 heavy (non-hydrogen) atoms. The number of sulfonamides is 1. The normalized spacial score (nSPS) is 11.3. The molecule has 0 heterocycles. The molecule has 0 aliphatic carbocycles. The van der Waals surface area contributed by atoms with Gasteiger partial charge in [0.25, 0.3) is 0 Å². The Morgan fingerprint density at radius 3 is 2.33 bits per heavy atom. The van der Waals surface area contributed by atoms with E-state index in [1.165, 1.54) is 6.07 Å². The van der Waals surface area contributed by atoms with Crippen LogP contribution in [0.15, 0.2) is 36.4 Å². The maximum Gasteiger partial charge on any atom is 0.232 e. The first kappa shape index (κ1) is 20.8. The third-order valence-corrected chi connectivity index (χ3v) is 5.34. The molecule has 0 fully saturated rings. The standard InChI is InChI=1S/C19H22F2N2O3S/c1-13-6-7-15(11-14(13)2)22-19(24)5-4-10-23(27(3,25)26)16-8-9-17(20)18(21)12-16/h6-9,11-12H,4-5,10H2,1-3H3,(H,22,24). The fraction of sp³-hybridized carbons (Fsp3) is 0.316. The van der Waals surface area contributed by atoms with E-state index in [1.807, 2.05) is 26.0 Å². The lowest BCUT2D eigenvalue weighted by Gasteiger charge is -2.22. The van der Waals surface area contributed by atoms with Crippen molar-refractivity contribution < 1.29 is 22.0 Å². The molecule has 8 heteroatoms. The second-order valence-electron chi connectivity index (χ2n) is 6.38. The monoisotopic (exact) mass is 396 g/mol. The molecule has 0 saturated carbocycles. The van der Waals surface area contributed by atoms with Gasteiger partial charge in [0.15, 0.2) is 11.6 Å². The molecule has 1 N–H and O–H groups in total. The Balaban J connectivity index is 1.99. The lowest BCUT2D eigenvalue weighted by Crippen LogP contribution is -2.31. The van der Waals surface area contributed by atoms with Crippen LogP contribution in [0.25, 0.3) is 0 Å². The molecule has 5 nitrogen and oxygen atoms in total. The molecule has 0 atom stereocenters. The number of rotatable bonds is 7. The molecule has 2 aromatic rings. The molecule has 1 amide bonds. The molecule has 0 saturated heterocycles. The van der Waals surface area contributed by atoms with E-state index in [0.717, 1.165) is 33.8 Å². The fourth-order valence-corrected chi connectivity index (χ4v) is 3.51. The summed E-state index contributed by atoms with van der Waals surface area (Å²) in [7, 11) is -3.70. The summed E-state index contributed by atoms with van der Waals surface area (Å²) >= 11 is 0. The summed E-state index contributed by atoms with van der Waals surface area (Å²) in [5.74, 6) is -2.44. The average molecular weight is 396 g/mol. The van der Waals surface area contributed by atoms with Gasteiger partial charge in [-0.1, -0.05) is 6.07 Å². The van der Waals surface area contributed by atoms with Crippen molar-refractivity contribution in [2.75, 3.05) is 22.4 Å². The molecular weight excluding hydrogens is 374 g/mol. The Kier molecular flexibility index (Phi) is 6.54. The van der Waals surface area contributed by atoms with E-state index in [9.17, 15) is 22.0 Å². The van der Waals surface area contributed by atoms with Crippen molar-refractivity contribution in [2.45, 2.75) is 26.7 Å². The fourth-order valence-electron chi connectivity index (χ4n) is 2.55. The number of carbonyl (C=O) groups is 1. The molecule has 0 spiro atoms. The van der Waals surface area contributed by atoms with Gasteiger partial charge in [-0.15, -0.1) is 0 Å². The predicted molar refractivity (Wildman–Crippen MR) is 102 cm³/mol. The number of amides is 1. The van der Waals surface area contributed by atoms with Crippen molar-refractivity contribution in [3.05, 3.63) is 59.2 Å². The van der Waals surface area contributed by atoms with Crippen molar-refractivity contribution in [1.82, 2.24) is 0 Å². The second-order valence-corrected chi connectivity index (χ2v) is 8.29. The zero-order chi connectivity index (χ0) is 20.2. The van der Waals surface area contributed by atoms with Gasteiger partial charge in [-0.25, -0.2) is 17.2 Å². The number of anilines is 2. The summed E-state index contributed by atoms with van der Waals surface area (Å²) in [6, 6.07) is 8.44. The Hall–Kier alpha value is -2.48. The van der Waals surface area contributed by atoms with Crippen LogP contribution in [-0.4, -0.2) is 27.1 Å². The first-order valence-electron chi connectivity index (χ1n) is 8.38. The minimum absolute atomic E-state index is 0.0194. The minimum Gasteiger partial charge on any atom is -0.326 e. The maximum absolute atomic E-state index is 13.4. The second kappa shape index (κ2) is 8.47. The van der Waals surface area contributed by atoms with E-state index in [1.54, 1.807) is 6.07 Å². The van der Waals surface area contributed by atoms with Crippen LogP contribution in [0, 0.1) is 25.5 Å². The quantitative estimate of drug-likeness (QED) is 0.775. The molecular formula is C19H22F2N2O3S. The van der Waals surface area contributed by atoms with Crippen LogP contribution < -0.4 is 9.62 Å². The summed E-state index contributed by atoms with van der Waals surface area (Å²) < 4.78 is 51.4. The highest BCUT2D eigenvalue weighted by Gasteiger charge is 2.19. The van der Waals surface area contributed by atoms with Crippen LogP contribution >= 0.6 is 0 Å². The van der Waals surface area contributed by atoms with Gasteiger partial charge >= 0.3 is 0 Å². The molecule has 0 unspecified atom stereocenters. The Morgan fingerprint density at radius 1 is 1.04 bits per heavy atom. The van der Waals surface area contributed by atoms with E-state index < -0.39 is 21.7 Å². The molecule has 0 aromatic heterocycles. The van der Waals surface area contributed by atoms with Crippen molar-refractivity contribution in [1.29, 1.82) is 0 Å². The first-order valence-corrected chi connectivity index (χ1v) is 10.2. The van der Waals surface area contributed by atoms with E-state index >= 15 is 0 Å². The molecule has 146 valence electrons. The molecule has 0 aliphatic heterocycles. The number of halogens is 2. The molecule has 0 radical (unpaired) electrons. The van der Waals surface area contributed by atoms with Crippen LogP contribution in [-0.2, 0) is 14.8 Å². The highest BCUT2D eigenvalue weighted by atomic mass is 32.2. The Labute approximate surface area is 158 Å². The van der Waals surface area contributed by atoms with E-state index in [-0.39, 0.29) is 31.0 Å². The number of hydrogen-bond acceptors (Lipinski definition) is 3. The van der Waals surface area contributed by atoms with Crippen molar-refractivity contribution in [3.8, 4) is 0 Å². The first-order chi connectivity index (χ1) is 12.6. The van der Waals surface area contributed by atoms with Crippen LogP contribution in [0.4, 0.5) is 20.2 Å².